The SMILES string of the molecule is c1ccc2c(c1)ccc1ccccc12.c1ccc2cc3cc4ccccc4cc3cc2c1.c1ccc2cc3ccccc3cc2c1.c1ccc2ccccc2c1.c1ccccc1. The van der Waals surface area contributed by atoms with Gasteiger partial charge >= 0.3 is 0 Å². The molecule has 0 atom stereocenters. The Labute approximate surface area is 363 Å². The van der Waals surface area contributed by atoms with Gasteiger partial charge in [-0.25, -0.2) is 0 Å². The zero-order valence-electron chi connectivity index (χ0n) is 34.6. The van der Waals surface area contributed by atoms with Gasteiger partial charge in [-0.3, -0.25) is 0 Å². The summed E-state index contributed by atoms with van der Waals surface area (Å²) < 4.78 is 0. The van der Waals surface area contributed by atoms with E-state index in [1.165, 1.54) is 86.2 Å². The van der Waals surface area contributed by atoms with Gasteiger partial charge in [0.05, 0.1) is 0 Å². The maximum atomic E-state index is 2.27. The van der Waals surface area contributed by atoms with Crippen LogP contribution in [0.25, 0.3) is 86.2 Å². The minimum absolute atomic E-state index is 1.31. The standard InChI is InChI=1S/C18H12.2C14H10.C10H8.C6H6/c1-2-6-14-10-18-12-16-8-4-3-7-15(16)11-17(18)9-13(14)5-1;1-3-7-13-11(5-1)9-10-12-6-2-4-8-14(12)13;1-2-6-12-10-14-8-4-3-7-13(14)9-11(12)5-1;1-2-6-10-8-4-3-7-9(10)5-1;1-2-4-6-5-3-1/h1-12H;2*1-10H;1-8H;1-6H. The summed E-state index contributed by atoms with van der Waals surface area (Å²) >= 11 is 0. The maximum absolute atomic E-state index is 2.27. The minimum Gasteiger partial charge on any atom is -0.0623 e. The average Bonchev–Trinajstić information content (AvgIpc) is 3.36. The Kier molecular flexibility index (Phi) is 12.3. The summed E-state index contributed by atoms with van der Waals surface area (Å²) in [6, 6.07) is 97.7. The lowest BCUT2D eigenvalue weighted by molar-refractivity contribution is 1.72. The van der Waals surface area contributed by atoms with Gasteiger partial charge in [-0.2, -0.15) is 0 Å². The van der Waals surface area contributed by atoms with Crippen LogP contribution in [0.15, 0.2) is 279 Å². The molecule has 0 aromatic heterocycles. The number of hydrogen-bond acceptors (Lipinski definition) is 0. The molecule has 62 heavy (non-hydrogen) atoms. The third-order valence-corrected chi connectivity index (χ3v) is 11.2. The van der Waals surface area contributed by atoms with Crippen LogP contribution in [0.3, 0.4) is 0 Å². The molecule has 0 spiro atoms. The first-order chi connectivity index (χ1) is 30.7. The van der Waals surface area contributed by atoms with Crippen molar-refractivity contribution < 1.29 is 0 Å². The molecule has 0 heterocycles. The van der Waals surface area contributed by atoms with E-state index >= 15 is 0 Å². The largest absolute Gasteiger partial charge is 0.0623 e. The van der Waals surface area contributed by atoms with E-state index in [9.17, 15) is 0 Å². The van der Waals surface area contributed by atoms with E-state index in [2.05, 4.69) is 243 Å². The Hall–Kier alpha value is -8.06. The zero-order chi connectivity index (χ0) is 41.8. The second kappa shape index (κ2) is 19.3. The predicted octanol–water partition coefficient (Wildman–Crippen LogP) is 17.7. The van der Waals surface area contributed by atoms with Gasteiger partial charge in [-0.15, -0.1) is 0 Å². The van der Waals surface area contributed by atoms with Crippen molar-refractivity contribution >= 4 is 86.2 Å². The van der Waals surface area contributed by atoms with E-state index in [-0.39, 0.29) is 0 Å². The van der Waals surface area contributed by atoms with Crippen LogP contribution in [0.2, 0.25) is 0 Å². The van der Waals surface area contributed by atoms with Crippen LogP contribution in [0.4, 0.5) is 0 Å². The second-order valence-electron chi connectivity index (χ2n) is 15.3. The molecule has 0 unspecified atom stereocenters. The molecule has 0 aliphatic carbocycles. The highest BCUT2D eigenvalue weighted by Crippen LogP contribution is 2.28. The highest BCUT2D eigenvalue weighted by atomic mass is 14.1. The van der Waals surface area contributed by atoms with E-state index < -0.39 is 0 Å². The highest BCUT2D eigenvalue weighted by Gasteiger charge is 2.01. The lowest BCUT2D eigenvalue weighted by Gasteiger charge is -2.04. The molecule has 13 rings (SSSR count). The van der Waals surface area contributed by atoms with Crippen LogP contribution >= 0.6 is 0 Å². The first-order valence-corrected chi connectivity index (χ1v) is 21.2. The molecule has 0 amide bonds. The molecule has 0 heteroatoms. The highest BCUT2D eigenvalue weighted by molar-refractivity contribution is 6.07. The van der Waals surface area contributed by atoms with Gasteiger partial charge in [0.1, 0.15) is 0 Å². The molecular weight excluding hydrogens is 745 g/mol. The van der Waals surface area contributed by atoms with Crippen LogP contribution < -0.4 is 0 Å². The number of fused-ring (bicyclic) bond motifs is 9. The van der Waals surface area contributed by atoms with Gasteiger partial charge in [-0.1, -0.05) is 243 Å². The van der Waals surface area contributed by atoms with Crippen LogP contribution in [-0.4, -0.2) is 0 Å². The molecular formula is C62H46. The Morgan fingerprint density at radius 3 is 0.532 bits per heavy atom. The Balaban J connectivity index is 0.000000102. The molecule has 0 saturated carbocycles. The van der Waals surface area contributed by atoms with Crippen molar-refractivity contribution in [1.29, 1.82) is 0 Å². The first kappa shape index (κ1) is 39.4. The van der Waals surface area contributed by atoms with Crippen molar-refractivity contribution in [2.45, 2.75) is 0 Å². The molecule has 0 fully saturated rings. The summed E-state index contributed by atoms with van der Waals surface area (Å²) in [5, 5.41) is 21.0. The van der Waals surface area contributed by atoms with Crippen molar-refractivity contribution in [3.63, 3.8) is 0 Å². The molecule has 0 aliphatic heterocycles. The van der Waals surface area contributed by atoms with Crippen molar-refractivity contribution in [3.8, 4) is 0 Å². The molecule has 0 N–H and O–H groups in total. The van der Waals surface area contributed by atoms with E-state index in [4.69, 9.17) is 0 Å². The van der Waals surface area contributed by atoms with Gasteiger partial charge < -0.3 is 0 Å². The van der Waals surface area contributed by atoms with Crippen molar-refractivity contribution in [2.24, 2.45) is 0 Å². The zero-order valence-corrected chi connectivity index (χ0v) is 34.6. The van der Waals surface area contributed by atoms with Gasteiger partial charge in [-0.05, 0) is 123 Å². The van der Waals surface area contributed by atoms with E-state index in [0.717, 1.165) is 0 Å². The topological polar surface area (TPSA) is 0 Å². The molecule has 0 nitrogen and oxygen atoms in total. The van der Waals surface area contributed by atoms with Crippen molar-refractivity contribution in [1.82, 2.24) is 0 Å². The predicted molar refractivity (Wildman–Crippen MR) is 272 cm³/mol. The van der Waals surface area contributed by atoms with Crippen LogP contribution in [0, 0.1) is 0 Å². The molecule has 0 bridgehead atoms. The Morgan fingerprint density at radius 2 is 0.290 bits per heavy atom. The second-order valence-corrected chi connectivity index (χ2v) is 15.3. The number of rotatable bonds is 0. The van der Waals surface area contributed by atoms with E-state index in [1.807, 2.05) is 36.4 Å². The monoisotopic (exact) mass is 790 g/mol. The average molecular weight is 791 g/mol. The van der Waals surface area contributed by atoms with Gasteiger partial charge in [0.25, 0.3) is 0 Å². The first-order valence-electron chi connectivity index (χ1n) is 21.2. The quantitative estimate of drug-likeness (QED) is 0.106. The number of benzene rings is 13. The van der Waals surface area contributed by atoms with Gasteiger partial charge in [0.15, 0.2) is 0 Å². The molecule has 0 aliphatic rings. The third-order valence-electron chi connectivity index (χ3n) is 11.2. The molecule has 294 valence electrons. The molecule has 0 saturated heterocycles. The maximum Gasteiger partial charge on any atom is -0.0105 e. The summed E-state index contributed by atoms with van der Waals surface area (Å²) in [6.07, 6.45) is 0. The molecule has 13 aromatic carbocycles. The molecule has 0 radical (unpaired) electrons. The van der Waals surface area contributed by atoms with Crippen molar-refractivity contribution in [2.75, 3.05) is 0 Å². The normalized spacial score (nSPS) is 10.6. The number of hydrogen-bond donors (Lipinski definition) is 0. The lowest BCUT2D eigenvalue weighted by atomic mass is 10.00. The lowest BCUT2D eigenvalue weighted by Crippen LogP contribution is -1.78. The summed E-state index contributed by atoms with van der Waals surface area (Å²) in [7, 11) is 0. The van der Waals surface area contributed by atoms with Gasteiger partial charge in [0, 0.05) is 0 Å². The van der Waals surface area contributed by atoms with Crippen molar-refractivity contribution in [3.05, 3.63) is 279 Å². The van der Waals surface area contributed by atoms with E-state index in [0.29, 0.717) is 0 Å². The van der Waals surface area contributed by atoms with Crippen LogP contribution in [0.1, 0.15) is 0 Å². The summed E-state index contributed by atoms with van der Waals surface area (Å²) in [4.78, 5) is 0. The Morgan fingerprint density at radius 1 is 0.113 bits per heavy atom. The fourth-order valence-corrected chi connectivity index (χ4v) is 7.99. The van der Waals surface area contributed by atoms with Gasteiger partial charge in [0.2, 0.25) is 0 Å². The minimum atomic E-state index is 1.31. The summed E-state index contributed by atoms with van der Waals surface area (Å²) in [6.45, 7) is 0. The smallest absolute Gasteiger partial charge is 0.0105 e. The Bertz CT molecular complexity index is 3120. The fourth-order valence-electron chi connectivity index (χ4n) is 7.99. The summed E-state index contributed by atoms with van der Waals surface area (Å²) in [5.74, 6) is 0. The van der Waals surface area contributed by atoms with Crippen LogP contribution in [-0.2, 0) is 0 Å². The fraction of sp³-hybridized carbons (Fsp3) is 0. The molecule has 13 aromatic rings. The van der Waals surface area contributed by atoms with E-state index in [1.54, 1.807) is 0 Å². The summed E-state index contributed by atoms with van der Waals surface area (Å²) in [5.41, 5.74) is 0. The van der Waals surface area contributed by atoms with Crippen LogP contribution in [0.5, 0.6) is 0 Å². The third kappa shape index (κ3) is 9.53.